The molecule has 0 amide bonds. The first kappa shape index (κ1) is 20.6. The van der Waals surface area contributed by atoms with Crippen molar-refractivity contribution in [3.63, 3.8) is 0 Å². The van der Waals surface area contributed by atoms with Gasteiger partial charge in [0.15, 0.2) is 5.75 Å². The number of ether oxygens (including phenoxy) is 1. The molecule has 0 saturated heterocycles. The number of pyridine rings is 1. The molecule has 4 rings (SSSR count). The second-order valence-corrected chi connectivity index (χ2v) is 8.43. The van der Waals surface area contributed by atoms with Gasteiger partial charge in [0.25, 0.3) is 0 Å². The van der Waals surface area contributed by atoms with Gasteiger partial charge in [0.1, 0.15) is 11.5 Å². The Morgan fingerprint density at radius 1 is 1.13 bits per heavy atom. The molecule has 2 aromatic heterocycles. The molecule has 0 radical (unpaired) electrons. The number of fused-ring (bicyclic) bond motifs is 1. The van der Waals surface area contributed by atoms with Crippen molar-refractivity contribution >= 4 is 33.5 Å². The molecule has 0 fully saturated rings. The van der Waals surface area contributed by atoms with Crippen molar-refractivity contribution in [1.82, 2.24) is 4.98 Å². The lowest BCUT2D eigenvalue weighted by atomic mass is 9.96. The Morgan fingerprint density at radius 3 is 2.65 bits per heavy atom. The van der Waals surface area contributed by atoms with Crippen LogP contribution in [0.2, 0.25) is 0 Å². The zero-order chi connectivity index (χ0) is 22.0. The van der Waals surface area contributed by atoms with Crippen molar-refractivity contribution in [3.05, 3.63) is 78.1 Å². The molecule has 0 aliphatic heterocycles. The quantitative estimate of drug-likeness (QED) is 0.333. The number of rotatable bonds is 6. The third-order valence-electron chi connectivity index (χ3n) is 4.83. The Balaban J connectivity index is 1.80. The maximum Gasteiger partial charge on any atom is 0.328 e. The molecule has 156 valence electrons. The van der Waals surface area contributed by atoms with Crippen LogP contribution in [0.15, 0.2) is 66.9 Å². The Hall–Kier alpha value is -3.64. The van der Waals surface area contributed by atoms with Gasteiger partial charge in [-0.3, -0.25) is 4.98 Å². The molecule has 6 heteroatoms. The second kappa shape index (κ2) is 8.62. The lowest BCUT2D eigenvalue weighted by Gasteiger charge is -2.13. The number of aromatic nitrogens is 1. The van der Waals surface area contributed by atoms with E-state index in [4.69, 9.17) is 9.84 Å². The molecule has 0 atom stereocenters. The van der Waals surface area contributed by atoms with Crippen molar-refractivity contribution in [2.45, 2.75) is 19.8 Å². The summed E-state index contributed by atoms with van der Waals surface area (Å²) in [6, 6.07) is 17.0. The number of phenolic OH excluding ortho intramolecular Hbond substituents is 1. The van der Waals surface area contributed by atoms with E-state index in [-0.39, 0.29) is 5.75 Å². The lowest BCUT2D eigenvalue weighted by molar-refractivity contribution is -0.131. The van der Waals surface area contributed by atoms with E-state index in [0.29, 0.717) is 23.1 Å². The van der Waals surface area contributed by atoms with Crippen molar-refractivity contribution in [3.8, 4) is 27.7 Å². The fourth-order valence-corrected chi connectivity index (χ4v) is 4.58. The highest BCUT2D eigenvalue weighted by Gasteiger charge is 2.20. The fourth-order valence-electron chi connectivity index (χ4n) is 3.37. The van der Waals surface area contributed by atoms with Crippen molar-refractivity contribution < 1.29 is 19.7 Å². The number of benzene rings is 2. The molecular formula is C25H21NO4S. The number of carboxylic acids is 1. The smallest absolute Gasteiger partial charge is 0.328 e. The van der Waals surface area contributed by atoms with Gasteiger partial charge >= 0.3 is 5.97 Å². The van der Waals surface area contributed by atoms with Crippen LogP contribution in [0.3, 0.4) is 0 Å². The molecule has 0 spiro atoms. The van der Waals surface area contributed by atoms with Crippen LogP contribution in [0.1, 0.15) is 31.0 Å². The molecule has 5 nitrogen and oxygen atoms in total. The minimum absolute atomic E-state index is 0.209. The Labute approximate surface area is 183 Å². The number of aliphatic carboxylic acids is 1. The normalized spacial score (nSPS) is 11.5. The number of aromatic hydroxyl groups is 1. The van der Waals surface area contributed by atoms with Crippen molar-refractivity contribution in [2.75, 3.05) is 0 Å². The summed E-state index contributed by atoms with van der Waals surface area (Å²) >= 11 is 1.57. The first-order valence-electron chi connectivity index (χ1n) is 9.82. The van der Waals surface area contributed by atoms with E-state index in [1.165, 1.54) is 11.6 Å². The van der Waals surface area contributed by atoms with E-state index in [0.717, 1.165) is 26.6 Å². The number of thiophene rings is 1. The number of hydrogen-bond donors (Lipinski definition) is 2. The summed E-state index contributed by atoms with van der Waals surface area (Å²) in [7, 11) is 0. The SMILES string of the molecule is CC(C)c1ccccc1-c1sc2cc(O)ccc2c1Oc1ccc(/C=C/C(=O)O)nc1. The molecule has 2 aromatic carbocycles. The number of hydrogen-bond acceptors (Lipinski definition) is 5. The molecule has 2 heterocycles. The van der Waals surface area contributed by atoms with Gasteiger partial charge in [-0.1, -0.05) is 38.1 Å². The Kier molecular flexibility index (Phi) is 5.73. The highest BCUT2D eigenvalue weighted by molar-refractivity contribution is 7.22. The van der Waals surface area contributed by atoms with Crippen LogP contribution < -0.4 is 4.74 Å². The van der Waals surface area contributed by atoms with Crippen LogP contribution in [-0.2, 0) is 4.79 Å². The second-order valence-electron chi connectivity index (χ2n) is 7.38. The predicted molar refractivity (Wildman–Crippen MR) is 124 cm³/mol. The molecule has 0 bridgehead atoms. The molecule has 0 unspecified atom stereocenters. The van der Waals surface area contributed by atoms with Gasteiger partial charge in [-0.15, -0.1) is 11.3 Å². The summed E-state index contributed by atoms with van der Waals surface area (Å²) in [5.74, 6) is 0.778. The van der Waals surface area contributed by atoms with E-state index < -0.39 is 5.97 Å². The van der Waals surface area contributed by atoms with Crippen LogP contribution in [0, 0.1) is 0 Å². The maximum atomic E-state index is 10.7. The summed E-state index contributed by atoms with van der Waals surface area (Å²) in [5, 5.41) is 19.6. The van der Waals surface area contributed by atoms with Crippen LogP contribution in [0.4, 0.5) is 0 Å². The molecule has 4 aromatic rings. The van der Waals surface area contributed by atoms with E-state index in [1.54, 1.807) is 41.8 Å². The summed E-state index contributed by atoms with van der Waals surface area (Å²) in [4.78, 5) is 15.9. The standard InChI is InChI=1S/C25H21NO4S/c1-15(2)19-5-3-4-6-20(19)25-24(21-11-9-17(27)13-22(21)31-25)30-18-10-7-16(26-14-18)8-12-23(28)29/h3-15,27H,1-2H3,(H,28,29)/b12-8+. The Bertz CT molecular complexity index is 1270. The summed E-state index contributed by atoms with van der Waals surface area (Å²) in [6.45, 7) is 4.32. The van der Waals surface area contributed by atoms with Crippen molar-refractivity contribution in [2.24, 2.45) is 0 Å². The van der Waals surface area contributed by atoms with Gasteiger partial charge < -0.3 is 14.9 Å². The maximum absolute atomic E-state index is 10.7. The topological polar surface area (TPSA) is 79.7 Å². The largest absolute Gasteiger partial charge is 0.508 e. The third kappa shape index (κ3) is 4.44. The first-order valence-corrected chi connectivity index (χ1v) is 10.6. The van der Waals surface area contributed by atoms with Crippen LogP contribution in [-0.4, -0.2) is 21.2 Å². The molecule has 0 saturated carbocycles. The summed E-state index contributed by atoms with van der Waals surface area (Å²) in [6.07, 6.45) is 4.05. The minimum Gasteiger partial charge on any atom is -0.508 e. The highest BCUT2D eigenvalue weighted by Crippen LogP contribution is 2.48. The van der Waals surface area contributed by atoms with Gasteiger partial charge in [0.2, 0.25) is 0 Å². The monoisotopic (exact) mass is 431 g/mol. The van der Waals surface area contributed by atoms with Crippen LogP contribution in [0.25, 0.3) is 26.6 Å². The summed E-state index contributed by atoms with van der Waals surface area (Å²) in [5.41, 5.74) is 2.85. The van der Waals surface area contributed by atoms with Crippen LogP contribution >= 0.6 is 11.3 Å². The zero-order valence-electron chi connectivity index (χ0n) is 17.1. The van der Waals surface area contributed by atoms with E-state index in [2.05, 4.69) is 31.0 Å². The lowest BCUT2D eigenvalue weighted by Crippen LogP contribution is -1.93. The van der Waals surface area contributed by atoms with E-state index >= 15 is 0 Å². The molecule has 0 aliphatic rings. The van der Waals surface area contributed by atoms with Crippen LogP contribution in [0.5, 0.6) is 17.2 Å². The predicted octanol–water partition coefficient (Wildman–Crippen LogP) is 6.68. The number of phenols is 1. The van der Waals surface area contributed by atoms with Gasteiger partial charge in [-0.25, -0.2) is 4.79 Å². The van der Waals surface area contributed by atoms with Crippen molar-refractivity contribution in [1.29, 1.82) is 0 Å². The van der Waals surface area contributed by atoms with Gasteiger partial charge in [-0.2, -0.15) is 0 Å². The number of nitrogens with zero attached hydrogens (tertiary/aromatic N) is 1. The highest BCUT2D eigenvalue weighted by atomic mass is 32.1. The van der Waals surface area contributed by atoms with Gasteiger partial charge in [-0.05, 0) is 53.5 Å². The third-order valence-corrected chi connectivity index (χ3v) is 6.00. The fraction of sp³-hybridized carbons (Fsp3) is 0.120. The zero-order valence-corrected chi connectivity index (χ0v) is 17.9. The minimum atomic E-state index is -1.02. The first-order chi connectivity index (χ1) is 14.9. The van der Waals surface area contributed by atoms with Gasteiger partial charge in [0, 0.05) is 16.2 Å². The average Bonchev–Trinajstić information content (AvgIpc) is 3.10. The Morgan fingerprint density at radius 2 is 1.94 bits per heavy atom. The van der Waals surface area contributed by atoms with Gasteiger partial charge in [0.05, 0.1) is 16.8 Å². The molecular weight excluding hydrogens is 410 g/mol. The average molecular weight is 432 g/mol. The number of carboxylic acid groups (broad SMARTS) is 1. The molecule has 0 aliphatic carbocycles. The summed E-state index contributed by atoms with van der Waals surface area (Å²) < 4.78 is 7.23. The van der Waals surface area contributed by atoms with E-state index in [9.17, 15) is 9.90 Å². The molecule has 2 N–H and O–H groups in total. The number of carbonyl (C=O) groups is 1. The molecule has 31 heavy (non-hydrogen) atoms. The van der Waals surface area contributed by atoms with E-state index in [1.807, 2.05) is 18.2 Å².